The number of Topliss-reactive ketones (excluding diaryl/α,β-unsaturated/α-hetero) is 1. The van der Waals surface area contributed by atoms with Crippen molar-refractivity contribution in [2.75, 3.05) is 20.3 Å². The Hall–Kier alpha value is -3.23. The van der Waals surface area contributed by atoms with E-state index in [-0.39, 0.29) is 30.2 Å². The molecule has 1 aliphatic rings. The van der Waals surface area contributed by atoms with Crippen LogP contribution in [0.5, 0.6) is 0 Å². The van der Waals surface area contributed by atoms with Crippen molar-refractivity contribution in [3.63, 3.8) is 0 Å². The first-order valence-corrected chi connectivity index (χ1v) is 9.00. The molecule has 0 unspecified atom stereocenters. The average molecular weight is 417 g/mol. The summed E-state index contributed by atoms with van der Waals surface area (Å²) in [7, 11) is 1.46. The van der Waals surface area contributed by atoms with E-state index in [1.165, 1.54) is 48.4 Å². The molecule has 9 heteroatoms. The average Bonchev–Trinajstić information content (AvgIpc) is 2.97. The quantitative estimate of drug-likeness (QED) is 0.254. The Morgan fingerprint density at radius 3 is 2.34 bits per heavy atom. The molecule has 29 heavy (non-hydrogen) atoms. The summed E-state index contributed by atoms with van der Waals surface area (Å²) >= 11 is 5.88. The lowest BCUT2D eigenvalue weighted by molar-refractivity contribution is -0.384. The molecule has 150 valence electrons. The van der Waals surface area contributed by atoms with Gasteiger partial charge in [-0.1, -0.05) is 11.6 Å². The Balaban J connectivity index is 2.14. The first kappa shape index (κ1) is 20.5. The molecule has 2 aromatic rings. The molecule has 2 aromatic carbocycles. The maximum atomic E-state index is 12.7. The molecule has 1 atom stereocenters. The number of non-ortho nitro benzene ring substituents is 1. The molecule has 1 amide bonds. The van der Waals surface area contributed by atoms with E-state index in [0.29, 0.717) is 16.1 Å². The summed E-state index contributed by atoms with van der Waals surface area (Å²) in [4.78, 5) is 37.0. The summed E-state index contributed by atoms with van der Waals surface area (Å²) in [5, 5.41) is 22.2. The van der Waals surface area contributed by atoms with Gasteiger partial charge in [0.2, 0.25) is 0 Å². The van der Waals surface area contributed by atoms with Crippen LogP contribution in [0.3, 0.4) is 0 Å². The van der Waals surface area contributed by atoms with Crippen molar-refractivity contribution < 1.29 is 24.4 Å². The van der Waals surface area contributed by atoms with E-state index < -0.39 is 22.7 Å². The van der Waals surface area contributed by atoms with E-state index in [1.807, 2.05) is 0 Å². The van der Waals surface area contributed by atoms with Crippen molar-refractivity contribution in [3.05, 3.63) is 80.4 Å². The smallest absolute Gasteiger partial charge is 0.295 e. The minimum absolute atomic E-state index is 0.0951. The number of halogens is 1. The Kier molecular flexibility index (Phi) is 5.95. The predicted molar refractivity (Wildman–Crippen MR) is 105 cm³/mol. The van der Waals surface area contributed by atoms with Gasteiger partial charge < -0.3 is 14.7 Å². The first-order valence-electron chi connectivity index (χ1n) is 8.62. The molecule has 0 aliphatic carbocycles. The van der Waals surface area contributed by atoms with Crippen LogP contribution in [0.25, 0.3) is 5.76 Å². The van der Waals surface area contributed by atoms with Crippen molar-refractivity contribution in [3.8, 4) is 0 Å². The molecule has 3 rings (SSSR count). The number of nitro groups is 1. The SMILES string of the molecule is COCCN1C(=O)C(=O)C(=C(O)c2ccc(Cl)cc2)[C@H]1c1ccc([N+](=O)[O-])cc1. The molecule has 8 nitrogen and oxygen atoms in total. The van der Waals surface area contributed by atoms with Crippen LogP contribution in [0.1, 0.15) is 17.2 Å². The number of aliphatic hydroxyl groups is 1. The van der Waals surface area contributed by atoms with Crippen molar-refractivity contribution in [1.29, 1.82) is 0 Å². The number of carbonyl (C=O) groups is 2. The van der Waals surface area contributed by atoms with Crippen LogP contribution in [0.2, 0.25) is 5.02 Å². The van der Waals surface area contributed by atoms with Gasteiger partial charge in [0.1, 0.15) is 5.76 Å². The van der Waals surface area contributed by atoms with E-state index in [9.17, 15) is 24.8 Å². The van der Waals surface area contributed by atoms with E-state index >= 15 is 0 Å². The summed E-state index contributed by atoms with van der Waals surface area (Å²) in [6.45, 7) is 0.289. The summed E-state index contributed by atoms with van der Waals surface area (Å²) in [6, 6.07) is 10.8. The van der Waals surface area contributed by atoms with Gasteiger partial charge >= 0.3 is 0 Å². The lowest BCUT2D eigenvalue weighted by Crippen LogP contribution is -2.32. The second-order valence-electron chi connectivity index (χ2n) is 6.34. The second kappa shape index (κ2) is 8.42. The van der Waals surface area contributed by atoms with Crippen LogP contribution in [-0.4, -0.2) is 46.9 Å². The van der Waals surface area contributed by atoms with Crippen molar-refractivity contribution in [2.24, 2.45) is 0 Å². The van der Waals surface area contributed by atoms with Crippen molar-refractivity contribution in [1.82, 2.24) is 4.90 Å². The summed E-state index contributed by atoms with van der Waals surface area (Å²) in [5.41, 5.74) is 0.565. The Bertz CT molecular complexity index is 985. The minimum Gasteiger partial charge on any atom is -0.507 e. The molecule has 0 aromatic heterocycles. The predicted octanol–water partition coefficient (Wildman–Crippen LogP) is 3.32. The summed E-state index contributed by atoms with van der Waals surface area (Å²) < 4.78 is 5.03. The zero-order chi connectivity index (χ0) is 21.1. The number of carbonyl (C=O) groups excluding carboxylic acids is 2. The van der Waals surface area contributed by atoms with Gasteiger partial charge in [-0.2, -0.15) is 0 Å². The fourth-order valence-electron chi connectivity index (χ4n) is 3.19. The molecule has 1 saturated heterocycles. The third-order valence-corrected chi connectivity index (χ3v) is 4.87. The Labute approximate surface area is 171 Å². The third-order valence-electron chi connectivity index (χ3n) is 4.61. The van der Waals surface area contributed by atoms with Gasteiger partial charge in [-0.15, -0.1) is 0 Å². The molecule has 1 N–H and O–H groups in total. The van der Waals surface area contributed by atoms with Gasteiger partial charge in [0, 0.05) is 36.4 Å². The van der Waals surface area contributed by atoms with E-state index in [2.05, 4.69) is 0 Å². The maximum absolute atomic E-state index is 12.7. The molecule has 0 radical (unpaired) electrons. The highest BCUT2D eigenvalue weighted by Crippen LogP contribution is 2.39. The van der Waals surface area contributed by atoms with Gasteiger partial charge in [0.15, 0.2) is 0 Å². The van der Waals surface area contributed by atoms with Crippen LogP contribution in [0.15, 0.2) is 54.1 Å². The Morgan fingerprint density at radius 2 is 1.79 bits per heavy atom. The number of methoxy groups -OCH3 is 1. The number of ether oxygens (including phenoxy) is 1. The number of ketones is 1. The summed E-state index contributed by atoms with van der Waals surface area (Å²) in [5.74, 6) is -1.96. The standard InChI is InChI=1S/C20H17ClN2O6/c1-29-11-10-22-17(12-4-8-15(9-5-12)23(27)28)16(19(25)20(22)26)18(24)13-2-6-14(21)7-3-13/h2-9,17,24H,10-11H2,1H3/t17-/m1/s1. The number of likely N-dealkylation sites (tertiary alicyclic amines) is 1. The molecule has 0 spiro atoms. The number of rotatable bonds is 6. The Morgan fingerprint density at radius 1 is 1.17 bits per heavy atom. The monoisotopic (exact) mass is 416 g/mol. The number of nitro benzene ring substituents is 1. The molecular formula is C20H17ClN2O6. The fourth-order valence-corrected chi connectivity index (χ4v) is 3.31. The fraction of sp³-hybridized carbons (Fsp3) is 0.200. The van der Waals surface area contributed by atoms with E-state index in [4.69, 9.17) is 16.3 Å². The highest BCUT2D eigenvalue weighted by atomic mass is 35.5. The molecule has 0 saturated carbocycles. The van der Waals surface area contributed by atoms with Crippen LogP contribution >= 0.6 is 11.6 Å². The topological polar surface area (TPSA) is 110 Å². The van der Waals surface area contributed by atoms with Gasteiger partial charge in [-0.3, -0.25) is 19.7 Å². The molecule has 1 fully saturated rings. The normalized spacial score (nSPS) is 18.3. The molecule has 1 heterocycles. The molecular weight excluding hydrogens is 400 g/mol. The number of amides is 1. The summed E-state index contributed by atoms with van der Waals surface area (Å²) in [6.07, 6.45) is 0. The van der Waals surface area contributed by atoms with E-state index in [1.54, 1.807) is 12.1 Å². The molecule has 0 bridgehead atoms. The second-order valence-corrected chi connectivity index (χ2v) is 6.78. The number of benzene rings is 2. The lowest BCUT2D eigenvalue weighted by Gasteiger charge is -2.25. The van der Waals surface area contributed by atoms with Gasteiger partial charge in [-0.25, -0.2) is 0 Å². The highest BCUT2D eigenvalue weighted by molar-refractivity contribution is 6.46. The van der Waals surface area contributed by atoms with Crippen LogP contribution in [-0.2, 0) is 14.3 Å². The number of hydrogen-bond acceptors (Lipinski definition) is 6. The van der Waals surface area contributed by atoms with Crippen molar-refractivity contribution >= 4 is 34.7 Å². The minimum atomic E-state index is -0.901. The number of nitrogens with zero attached hydrogens (tertiary/aromatic N) is 2. The van der Waals surface area contributed by atoms with Crippen LogP contribution < -0.4 is 0 Å². The van der Waals surface area contributed by atoms with Crippen LogP contribution in [0, 0.1) is 10.1 Å². The van der Waals surface area contributed by atoms with Gasteiger partial charge in [0.05, 0.1) is 23.1 Å². The zero-order valence-electron chi connectivity index (χ0n) is 15.4. The van der Waals surface area contributed by atoms with Gasteiger partial charge in [0.25, 0.3) is 17.4 Å². The lowest BCUT2D eigenvalue weighted by atomic mass is 9.95. The first-order chi connectivity index (χ1) is 13.8. The van der Waals surface area contributed by atoms with Crippen molar-refractivity contribution in [2.45, 2.75) is 6.04 Å². The highest BCUT2D eigenvalue weighted by Gasteiger charge is 2.45. The zero-order valence-corrected chi connectivity index (χ0v) is 16.1. The van der Waals surface area contributed by atoms with E-state index in [0.717, 1.165) is 0 Å². The molecule has 1 aliphatic heterocycles. The largest absolute Gasteiger partial charge is 0.507 e. The number of aliphatic hydroxyl groups excluding tert-OH is 1. The maximum Gasteiger partial charge on any atom is 0.295 e. The third kappa shape index (κ3) is 3.98. The number of hydrogen-bond donors (Lipinski definition) is 1. The van der Waals surface area contributed by atoms with Crippen LogP contribution in [0.4, 0.5) is 5.69 Å². The van der Waals surface area contributed by atoms with Gasteiger partial charge in [-0.05, 0) is 42.0 Å².